The van der Waals surface area contributed by atoms with Crippen LogP contribution in [-0.4, -0.2) is 105 Å². The third-order valence-electron chi connectivity index (χ3n) is 9.59. The van der Waals surface area contributed by atoms with Gasteiger partial charge in [-0.2, -0.15) is 9.97 Å². The van der Waals surface area contributed by atoms with E-state index < -0.39 is 12.2 Å². The number of ether oxygens (including phenoxy) is 4. The zero-order chi connectivity index (χ0) is 36.8. The molecule has 0 amide bonds. The number of halogens is 2. The molecule has 0 unspecified atom stereocenters. The second kappa shape index (κ2) is 17.4. The van der Waals surface area contributed by atoms with Crippen LogP contribution in [0, 0.1) is 0 Å². The minimum atomic E-state index is -0.472. The number of aliphatic hydroxyl groups excluding tert-OH is 4. The van der Waals surface area contributed by atoms with Crippen LogP contribution in [0.4, 0.5) is 0 Å². The van der Waals surface area contributed by atoms with Gasteiger partial charge in [-0.05, 0) is 25.0 Å². The number of benzene rings is 2. The first-order chi connectivity index (χ1) is 25.2. The zero-order valence-electron chi connectivity index (χ0n) is 29.1. The summed E-state index contributed by atoms with van der Waals surface area (Å²) < 4.78 is 23.2. The maximum absolute atomic E-state index is 10.1. The first kappa shape index (κ1) is 38.0. The summed E-state index contributed by atoms with van der Waals surface area (Å²) in [5.74, 6) is 1.54. The number of likely N-dealkylation sites (tertiary alicyclic amines) is 2. The van der Waals surface area contributed by atoms with Gasteiger partial charge in [0.05, 0.1) is 49.7 Å². The molecule has 0 saturated carbocycles. The van der Waals surface area contributed by atoms with Crippen molar-refractivity contribution in [2.75, 3.05) is 40.5 Å². The highest BCUT2D eigenvalue weighted by atomic mass is 35.5. The third-order valence-corrected chi connectivity index (χ3v) is 10.5. The fourth-order valence-corrected chi connectivity index (χ4v) is 7.45. The minimum Gasteiger partial charge on any atom is -0.481 e. The van der Waals surface area contributed by atoms with E-state index in [-0.39, 0.29) is 38.5 Å². The summed E-state index contributed by atoms with van der Waals surface area (Å²) in [6.07, 6.45) is 0.111. The Hall–Kier alpha value is -3.72. The van der Waals surface area contributed by atoms with Gasteiger partial charge >= 0.3 is 0 Å². The number of rotatable bonds is 15. The molecule has 4 atom stereocenters. The molecule has 2 aromatic heterocycles. The molecule has 12 nitrogen and oxygen atoms in total. The van der Waals surface area contributed by atoms with Gasteiger partial charge in [0.15, 0.2) is 0 Å². The van der Waals surface area contributed by atoms with Gasteiger partial charge in [-0.1, -0.05) is 59.6 Å². The van der Waals surface area contributed by atoms with E-state index in [1.165, 1.54) is 0 Å². The molecule has 2 aliphatic heterocycles. The van der Waals surface area contributed by atoms with Crippen molar-refractivity contribution < 1.29 is 39.4 Å². The average Bonchev–Trinajstić information content (AvgIpc) is 3.70. The molecule has 6 rings (SSSR count). The van der Waals surface area contributed by atoms with E-state index in [9.17, 15) is 20.4 Å². The summed E-state index contributed by atoms with van der Waals surface area (Å²) in [6.45, 7) is 2.15. The van der Waals surface area contributed by atoms with E-state index in [0.717, 1.165) is 33.4 Å². The highest BCUT2D eigenvalue weighted by Gasteiger charge is 2.32. The van der Waals surface area contributed by atoms with Gasteiger partial charge in [0.25, 0.3) is 0 Å². The fourth-order valence-electron chi connectivity index (χ4n) is 6.88. The number of aromatic nitrogens is 2. The molecular weight excluding hydrogens is 711 g/mol. The molecular formula is C38H44Cl2N4O8. The van der Waals surface area contributed by atoms with Crippen molar-refractivity contribution in [1.29, 1.82) is 0 Å². The Morgan fingerprint density at radius 3 is 1.44 bits per heavy atom. The third kappa shape index (κ3) is 8.73. The number of nitrogens with zero attached hydrogens (tertiary/aromatic N) is 4. The lowest BCUT2D eigenvalue weighted by molar-refractivity contribution is 0.148. The maximum Gasteiger partial charge on any atom is 0.220 e. The van der Waals surface area contributed by atoms with E-state index in [1.807, 2.05) is 58.3 Å². The number of β-amino-alcohol motifs (C(OH)–C–C–N with tert-alkyl or cyclic N) is 2. The van der Waals surface area contributed by atoms with Crippen molar-refractivity contribution in [2.45, 2.75) is 63.4 Å². The molecule has 2 aromatic carbocycles. The molecule has 0 bridgehead atoms. The monoisotopic (exact) mass is 754 g/mol. The van der Waals surface area contributed by atoms with E-state index in [1.54, 1.807) is 26.4 Å². The van der Waals surface area contributed by atoms with Gasteiger partial charge in [0, 0.05) is 83.8 Å². The molecule has 4 N–H and O–H groups in total. The summed E-state index contributed by atoms with van der Waals surface area (Å²) >= 11 is 13.9. The first-order valence-corrected chi connectivity index (χ1v) is 17.9. The predicted molar refractivity (Wildman–Crippen MR) is 196 cm³/mol. The number of hydrogen-bond acceptors (Lipinski definition) is 12. The Morgan fingerprint density at radius 2 is 1.06 bits per heavy atom. The Balaban J connectivity index is 1.11. The highest BCUT2D eigenvalue weighted by molar-refractivity contribution is 6.37. The molecule has 4 aromatic rings. The average molecular weight is 756 g/mol. The van der Waals surface area contributed by atoms with Crippen LogP contribution >= 0.6 is 23.2 Å². The molecule has 4 heterocycles. The van der Waals surface area contributed by atoms with Crippen molar-refractivity contribution in [1.82, 2.24) is 19.8 Å². The van der Waals surface area contributed by atoms with Gasteiger partial charge in [-0.25, -0.2) is 0 Å². The van der Waals surface area contributed by atoms with Crippen LogP contribution in [0.1, 0.15) is 35.1 Å². The van der Waals surface area contributed by atoms with Crippen molar-refractivity contribution in [3.63, 3.8) is 0 Å². The molecule has 2 saturated heterocycles. The van der Waals surface area contributed by atoms with E-state index in [4.69, 9.17) is 42.1 Å². The van der Waals surface area contributed by atoms with Gasteiger partial charge in [0.2, 0.25) is 23.5 Å². The molecule has 0 spiro atoms. The van der Waals surface area contributed by atoms with Gasteiger partial charge in [0.1, 0.15) is 13.2 Å². The molecule has 0 aliphatic carbocycles. The largest absolute Gasteiger partial charge is 0.481 e. The van der Waals surface area contributed by atoms with Crippen molar-refractivity contribution in [2.24, 2.45) is 0 Å². The van der Waals surface area contributed by atoms with Gasteiger partial charge in [-0.3, -0.25) is 9.80 Å². The minimum absolute atomic E-state index is 0.0280. The molecule has 0 radical (unpaired) electrons. The summed E-state index contributed by atoms with van der Waals surface area (Å²) in [5.41, 5.74) is 4.60. The standard InChI is InChI=1S/C38H44Cl2N4O8/c1-49-37-23(15-43-17-29(47)13-27(43)19-45)9-11-33(41-37)51-21-25-5-3-7-31(35(25)39)32-8-4-6-26(36(32)40)22-52-34-12-10-24(38(42-34)50-2)16-44-18-30(48)14-28(44)20-46/h3-12,27-30,45-48H,13-22H2,1-2H3/t27-,28-,29+,30+/m0/s1. The van der Waals surface area contributed by atoms with Gasteiger partial charge < -0.3 is 39.4 Å². The van der Waals surface area contributed by atoms with E-state index in [2.05, 4.69) is 9.97 Å². The normalized spacial score (nSPS) is 20.7. The maximum atomic E-state index is 10.1. The van der Waals surface area contributed by atoms with Crippen LogP contribution in [0.3, 0.4) is 0 Å². The highest BCUT2D eigenvalue weighted by Crippen LogP contribution is 2.38. The summed E-state index contributed by atoms with van der Waals surface area (Å²) in [6, 6.07) is 18.4. The zero-order valence-corrected chi connectivity index (χ0v) is 30.6. The van der Waals surface area contributed by atoms with E-state index >= 15 is 0 Å². The lowest BCUT2D eigenvalue weighted by Crippen LogP contribution is -2.32. The lowest BCUT2D eigenvalue weighted by atomic mass is 10.0. The second-order valence-corrected chi connectivity index (χ2v) is 13.8. The summed E-state index contributed by atoms with van der Waals surface area (Å²) in [5, 5.41) is 40.5. The smallest absolute Gasteiger partial charge is 0.220 e. The number of pyridine rings is 2. The van der Waals surface area contributed by atoms with Crippen LogP contribution in [0.25, 0.3) is 11.1 Å². The van der Waals surface area contributed by atoms with Gasteiger partial charge in [-0.15, -0.1) is 0 Å². The first-order valence-electron chi connectivity index (χ1n) is 17.2. The summed E-state index contributed by atoms with van der Waals surface area (Å²) in [4.78, 5) is 13.1. The lowest BCUT2D eigenvalue weighted by Gasteiger charge is -2.23. The SMILES string of the molecule is COc1nc(OCc2cccc(-c3cccc(COc4ccc(CN5C[C@H](O)C[C@H]5CO)c(OC)n4)c3Cl)c2Cl)ccc1CN1C[C@H](O)C[C@H]1CO. The second-order valence-electron chi connectivity index (χ2n) is 13.1. The molecule has 14 heteroatoms. The van der Waals surface area contributed by atoms with Crippen molar-refractivity contribution in [3.8, 4) is 34.6 Å². The Bertz CT molecular complexity index is 1700. The van der Waals surface area contributed by atoms with Crippen LogP contribution in [0.2, 0.25) is 10.0 Å². The molecule has 2 aliphatic rings. The number of hydrogen-bond donors (Lipinski definition) is 4. The summed E-state index contributed by atoms with van der Waals surface area (Å²) in [7, 11) is 3.09. The van der Waals surface area contributed by atoms with E-state index in [0.29, 0.717) is 72.6 Å². The number of methoxy groups -OCH3 is 2. The number of aliphatic hydroxyl groups is 4. The van der Waals surface area contributed by atoms with Crippen molar-refractivity contribution >= 4 is 23.2 Å². The Morgan fingerprint density at radius 1 is 0.635 bits per heavy atom. The van der Waals surface area contributed by atoms with Crippen molar-refractivity contribution in [3.05, 3.63) is 93.0 Å². The quantitative estimate of drug-likeness (QED) is 0.136. The van der Waals surface area contributed by atoms with Crippen LogP contribution in [0.5, 0.6) is 23.5 Å². The predicted octanol–water partition coefficient (Wildman–Crippen LogP) is 4.48. The fraction of sp³-hybridized carbons (Fsp3) is 0.421. The van der Waals surface area contributed by atoms with Crippen LogP contribution in [0.15, 0.2) is 60.7 Å². The molecule has 2 fully saturated rings. The topological polar surface area (TPSA) is 150 Å². The molecule has 52 heavy (non-hydrogen) atoms. The Labute approximate surface area is 313 Å². The molecule has 278 valence electrons. The van der Waals surface area contributed by atoms with Crippen LogP contribution in [-0.2, 0) is 26.3 Å². The van der Waals surface area contributed by atoms with Crippen LogP contribution < -0.4 is 18.9 Å². The Kier molecular flexibility index (Phi) is 12.7.